The molecular formula is C17H18Cl2N6O3. The van der Waals surface area contributed by atoms with Crippen LogP contribution in [0.4, 0.5) is 5.82 Å². The molecule has 1 aromatic carbocycles. The van der Waals surface area contributed by atoms with E-state index in [1.165, 1.54) is 6.33 Å². The number of rotatable bonds is 8. The number of imidazole rings is 1. The van der Waals surface area contributed by atoms with Gasteiger partial charge in [0.15, 0.2) is 11.5 Å². The normalized spacial score (nSPS) is 12.2. The molecule has 3 rings (SSSR count). The summed E-state index contributed by atoms with van der Waals surface area (Å²) in [5, 5.41) is 13.8. The van der Waals surface area contributed by atoms with Crippen LogP contribution in [0.5, 0.6) is 5.75 Å². The number of carbonyl (C=O) groups is 1. The zero-order valence-electron chi connectivity index (χ0n) is 14.7. The minimum absolute atomic E-state index is 0.268. The first-order chi connectivity index (χ1) is 13.4. The van der Waals surface area contributed by atoms with Crippen molar-refractivity contribution in [1.29, 1.82) is 0 Å². The third kappa shape index (κ3) is 4.27. The van der Waals surface area contributed by atoms with Gasteiger partial charge < -0.3 is 21.3 Å². The summed E-state index contributed by atoms with van der Waals surface area (Å²) in [5.41, 5.74) is 13.2. The number of fused-ring (bicyclic) bond motifs is 1. The van der Waals surface area contributed by atoms with Gasteiger partial charge in [-0.25, -0.2) is 14.5 Å². The van der Waals surface area contributed by atoms with Gasteiger partial charge in [-0.2, -0.15) is 5.10 Å². The number of hydrogen-bond acceptors (Lipinski definition) is 7. The molecule has 0 spiro atoms. The Bertz CT molecular complexity index is 1010. The molecule has 0 saturated heterocycles. The van der Waals surface area contributed by atoms with Gasteiger partial charge in [0.2, 0.25) is 0 Å². The van der Waals surface area contributed by atoms with E-state index in [0.29, 0.717) is 46.3 Å². The summed E-state index contributed by atoms with van der Waals surface area (Å²) in [6, 6.07) is 2.44. The van der Waals surface area contributed by atoms with E-state index in [-0.39, 0.29) is 12.4 Å². The van der Waals surface area contributed by atoms with E-state index in [1.807, 2.05) is 0 Å². The molecule has 0 unspecified atom stereocenters. The second-order valence-corrected chi connectivity index (χ2v) is 6.87. The van der Waals surface area contributed by atoms with E-state index in [9.17, 15) is 4.79 Å². The number of halogens is 2. The van der Waals surface area contributed by atoms with E-state index < -0.39 is 12.0 Å². The first-order valence-electron chi connectivity index (χ1n) is 8.39. The van der Waals surface area contributed by atoms with Crippen molar-refractivity contribution in [2.24, 2.45) is 5.73 Å². The van der Waals surface area contributed by atoms with Crippen molar-refractivity contribution in [3.8, 4) is 5.75 Å². The Kier molecular flexibility index (Phi) is 6.18. The van der Waals surface area contributed by atoms with Crippen LogP contribution in [0.15, 0.2) is 24.7 Å². The summed E-state index contributed by atoms with van der Waals surface area (Å²) in [4.78, 5) is 18.9. The van der Waals surface area contributed by atoms with Gasteiger partial charge in [-0.15, -0.1) is 0 Å². The topological polar surface area (TPSA) is 142 Å². The van der Waals surface area contributed by atoms with Crippen LogP contribution in [-0.2, 0) is 11.2 Å². The molecule has 0 radical (unpaired) electrons. The largest absolute Gasteiger partial charge is 0.493 e. The van der Waals surface area contributed by atoms with E-state index in [4.69, 9.17) is 44.5 Å². The van der Waals surface area contributed by atoms with Crippen LogP contribution in [0.2, 0.25) is 10.0 Å². The van der Waals surface area contributed by atoms with Gasteiger partial charge in [-0.3, -0.25) is 4.79 Å². The average Bonchev–Trinajstić information content (AvgIpc) is 3.08. The summed E-state index contributed by atoms with van der Waals surface area (Å²) in [7, 11) is 0. The van der Waals surface area contributed by atoms with E-state index >= 15 is 0 Å². The molecule has 0 fully saturated rings. The molecule has 0 aliphatic heterocycles. The Morgan fingerprint density at radius 2 is 2.11 bits per heavy atom. The van der Waals surface area contributed by atoms with Gasteiger partial charge in [0.25, 0.3) is 0 Å². The highest BCUT2D eigenvalue weighted by molar-refractivity contribution is 6.42. The highest BCUT2D eigenvalue weighted by Gasteiger charge is 2.17. The molecule has 1 atom stereocenters. The molecule has 2 heterocycles. The maximum Gasteiger partial charge on any atom is 0.320 e. The van der Waals surface area contributed by atoms with Crippen LogP contribution in [0, 0.1) is 0 Å². The summed E-state index contributed by atoms with van der Waals surface area (Å²) < 4.78 is 7.39. The number of nitrogen functional groups attached to an aromatic ring is 1. The molecule has 3 aromatic rings. The molecule has 5 N–H and O–H groups in total. The fourth-order valence-electron chi connectivity index (χ4n) is 2.67. The van der Waals surface area contributed by atoms with Crippen molar-refractivity contribution in [3.05, 3.63) is 46.0 Å². The second-order valence-electron chi connectivity index (χ2n) is 6.08. The molecule has 0 aliphatic carbocycles. The lowest BCUT2D eigenvalue weighted by Gasteiger charge is -2.14. The van der Waals surface area contributed by atoms with Gasteiger partial charge in [-0.05, 0) is 25.0 Å². The first-order valence-corrected chi connectivity index (χ1v) is 9.15. The van der Waals surface area contributed by atoms with Gasteiger partial charge >= 0.3 is 5.97 Å². The van der Waals surface area contributed by atoms with Gasteiger partial charge in [0, 0.05) is 12.0 Å². The quantitative estimate of drug-likeness (QED) is 0.466. The van der Waals surface area contributed by atoms with Crippen LogP contribution in [0.3, 0.4) is 0 Å². The predicted molar refractivity (Wildman–Crippen MR) is 105 cm³/mol. The summed E-state index contributed by atoms with van der Waals surface area (Å²) in [5.74, 6) is -0.232. The summed E-state index contributed by atoms with van der Waals surface area (Å²) in [6.45, 7) is 0.286. The molecule has 11 heteroatoms. The zero-order chi connectivity index (χ0) is 20.3. The molecule has 148 valence electrons. The SMILES string of the molecule is Nc1ncnn2c(Cc3c(OCCC[C@@H](N)C(=O)O)ccc(Cl)c3Cl)cnc12. The molecule has 0 saturated carbocycles. The van der Waals surface area contributed by atoms with E-state index in [2.05, 4.69) is 15.1 Å². The number of ether oxygens (including phenoxy) is 1. The molecular weight excluding hydrogens is 407 g/mol. The van der Waals surface area contributed by atoms with Crippen LogP contribution >= 0.6 is 23.2 Å². The molecule has 0 amide bonds. The highest BCUT2D eigenvalue weighted by atomic mass is 35.5. The van der Waals surface area contributed by atoms with Crippen molar-refractivity contribution < 1.29 is 14.6 Å². The number of nitrogens with two attached hydrogens (primary N) is 2. The van der Waals surface area contributed by atoms with E-state index in [1.54, 1.807) is 22.8 Å². The van der Waals surface area contributed by atoms with Crippen molar-refractivity contribution in [2.75, 3.05) is 12.3 Å². The maximum atomic E-state index is 10.8. The fraction of sp³-hybridized carbons (Fsp3) is 0.294. The molecule has 0 bridgehead atoms. The van der Waals surface area contributed by atoms with Crippen molar-refractivity contribution >= 4 is 40.6 Å². The molecule has 2 aromatic heterocycles. The van der Waals surface area contributed by atoms with Gasteiger partial charge in [0.05, 0.1) is 28.5 Å². The Labute approximate surface area is 170 Å². The number of benzene rings is 1. The summed E-state index contributed by atoms with van der Waals surface area (Å²) in [6.07, 6.45) is 4.10. The number of carboxylic acid groups (broad SMARTS) is 1. The Morgan fingerprint density at radius 3 is 2.86 bits per heavy atom. The third-order valence-electron chi connectivity index (χ3n) is 4.15. The number of nitrogens with zero attached hydrogens (tertiary/aromatic N) is 4. The van der Waals surface area contributed by atoms with Crippen molar-refractivity contribution in [1.82, 2.24) is 19.6 Å². The minimum atomic E-state index is -1.04. The number of anilines is 1. The van der Waals surface area contributed by atoms with Crippen molar-refractivity contribution in [2.45, 2.75) is 25.3 Å². The highest BCUT2D eigenvalue weighted by Crippen LogP contribution is 2.35. The second kappa shape index (κ2) is 8.59. The standard InChI is InChI=1S/C17H18Cl2N6O3/c18-11-3-4-13(28-5-1-2-12(20)17(26)27)10(14(11)19)6-9-7-22-16-15(21)23-8-24-25(9)16/h3-4,7-8,12H,1-2,5-6,20H2,(H,26,27)(H2,21,23,24)/t12-/m1/s1. The number of aliphatic carboxylic acids is 1. The maximum absolute atomic E-state index is 10.8. The van der Waals surface area contributed by atoms with Crippen LogP contribution in [0.25, 0.3) is 5.65 Å². The van der Waals surface area contributed by atoms with Crippen LogP contribution in [-0.4, -0.2) is 43.3 Å². The van der Waals surface area contributed by atoms with Crippen LogP contribution in [0.1, 0.15) is 24.1 Å². The zero-order valence-corrected chi connectivity index (χ0v) is 16.2. The average molecular weight is 425 g/mol. The predicted octanol–water partition coefficient (Wildman–Crippen LogP) is 2.18. The van der Waals surface area contributed by atoms with Gasteiger partial charge in [0.1, 0.15) is 18.1 Å². The molecule has 0 aliphatic rings. The monoisotopic (exact) mass is 424 g/mol. The fourth-order valence-corrected chi connectivity index (χ4v) is 3.07. The first kappa shape index (κ1) is 20.1. The third-order valence-corrected chi connectivity index (χ3v) is 4.99. The smallest absolute Gasteiger partial charge is 0.320 e. The number of aromatic nitrogens is 4. The Balaban J connectivity index is 1.80. The number of carboxylic acids is 1. The van der Waals surface area contributed by atoms with Gasteiger partial charge in [-0.1, -0.05) is 23.2 Å². The number of hydrogen-bond donors (Lipinski definition) is 3. The lowest BCUT2D eigenvalue weighted by Crippen LogP contribution is -2.30. The Hall–Kier alpha value is -2.62. The molecule has 28 heavy (non-hydrogen) atoms. The minimum Gasteiger partial charge on any atom is -0.493 e. The molecule has 9 nitrogen and oxygen atoms in total. The summed E-state index contributed by atoms with van der Waals surface area (Å²) >= 11 is 12.6. The lowest BCUT2D eigenvalue weighted by molar-refractivity contribution is -0.138. The lowest BCUT2D eigenvalue weighted by atomic mass is 10.1. The Morgan fingerprint density at radius 1 is 1.32 bits per heavy atom. The van der Waals surface area contributed by atoms with E-state index in [0.717, 1.165) is 5.69 Å². The van der Waals surface area contributed by atoms with Crippen LogP contribution < -0.4 is 16.2 Å². The van der Waals surface area contributed by atoms with Crippen molar-refractivity contribution in [3.63, 3.8) is 0 Å².